The van der Waals surface area contributed by atoms with Crippen molar-refractivity contribution >= 4 is 39.1 Å². The third-order valence-electron chi connectivity index (χ3n) is 7.15. The first kappa shape index (κ1) is 33.4. The summed E-state index contributed by atoms with van der Waals surface area (Å²) in [6.45, 7) is 1.63. The summed E-state index contributed by atoms with van der Waals surface area (Å²) in [4.78, 5) is 29.3. The van der Waals surface area contributed by atoms with Crippen LogP contribution in [0.1, 0.15) is 18.1 Å². The van der Waals surface area contributed by atoms with Gasteiger partial charge in [0.15, 0.2) is 11.5 Å². The van der Waals surface area contributed by atoms with Crippen LogP contribution in [-0.4, -0.2) is 58.5 Å². The molecule has 4 rings (SSSR count). The number of amides is 2. The van der Waals surface area contributed by atoms with Gasteiger partial charge in [-0.3, -0.25) is 13.9 Å². The van der Waals surface area contributed by atoms with E-state index < -0.39 is 28.5 Å². The molecule has 11 heteroatoms. The van der Waals surface area contributed by atoms with Crippen LogP contribution in [0.3, 0.4) is 0 Å². The summed E-state index contributed by atoms with van der Waals surface area (Å²) in [5.41, 5.74) is 1.86. The maximum atomic E-state index is 14.4. The van der Waals surface area contributed by atoms with E-state index in [0.29, 0.717) is 17.3 Å². The topological polar surface area (TPSA) is 105 Å². The highest BCUT2D eigenvalue weighted by atomic mass is 35.5. The number of benzene rings is 4. The summed E-state index contributed by atoms with van der Waals surface area (Å²) in [5.74, 6) is -0.331. The van der Waals surface area contributed by atoms with E-state index in [1.807, 2.05) is 30.3 Å². The van der Waals surface area contributed by atoms with Crippen LogP contribution in [0.4, 0.5) is 5.69 Å². The van der Waals surface area contributed by atoms with Crippen LogP contribution >= 0.6 is 11.6 Å². The van der Waals surface area contributed by atoms with Crippen molar-refractivity contribution in [3.05, 3.63) is 119 Å². The lowest BCUT2D eigenvalue weighted by Crippen LogP contribution is -2.53. The van der Waals surface area contributed by atoms with Gasteiger partial charge in [-0.25, -0.2) is 8.42 Å². The number of carbonyl (C=O) groups is 2. The first-order valence-electron chi connectivity index (χ1n) is 14.3. The maximum Gasteiger partial charge on any atom is 0.264 e. The van der Waals surface area contributed by atoms with Gasteiger partial charge in [-0.2, -0.15) is 0 Å². The molecule has 0 aromatic heterocycles. The van der Waals surface area contributed by atoms with Gasteiger partial charge >= 0.3 is 0 Å². The zero-order valence-electron chi connectivity index (χ0n) is 25.4. The van der Waals surface area contributed by atoms with Gasteiger partial charge in [-0.1, -0.05) is 72.3 Å². The molecule has 1 unspecified atom stereocenters. The SMILES string of the molecule is CCNC(=O)C(Cc1ccccc1)N(Cc1ccc(Cl)cc1)C(=O)CN(c1ccccc1)S(=O)(=O)c1ccc(OC)c(OC)c1. The minimum Gasteiger partial charge on any atom is -0.493 e. The summed E-state index contributed by atoms with van der Waals surface area (Å²) in [6, 6.07) is 28.0. The van der Waals surface area contributed by atoms with E-state index in [2.05, 4.69) is 5.32 Å². The van der Waals surface area contributed by atoms with Crippen molar-refractivity contribution in [1.82, 2.24) is 10.2 Å². The Morgan fingerprint density at radius 3 is 2.04 bits per heavy atom. The van der Waals surface area contributed by atoms with Crippen molar-refractivity contribution in [3.8, 4) is 11.5 Å². The summed E-state index contributed by atoms with van der Waals surface area (Å²) >= 11 is 6.12. The minimum atomic E-state index is -4.30. The average molecular weight is 650 g/mol. The number of methoxy groups -OCH3 is 2. The number of nitrogens with one attached hydrogen (secondary N) is 1. The Hall–Kier alpha value is -4.54. The smallest absolute Gasteiger partial charge is 0.264 e. The lowest BCUT2D eigenvalue weighted by Gasteiger charge is -2.34. The Kier molecular flexibility index (Phi) is 11.5. The molecule has 2 amide bonds. The fourth-order valence-corrected chi connectivity index (χ4v) is 6.42. The molecule has 0 radical (unpaired) electrons. The highest BCUT2D eigenvalue weighted by Gasteiger charge is 2.34. The molecule has 4 aromatic carbocycles. The molecule has 0 fully saturated rings. The first-order chi connectivity index (χ1) is 21.7. The Morgan fingerprint density at radius 1 is 0.822 bits per heavy atom. The first-order valence-corrected chi connectivity index (χ1v) is 16.1. The van der Waals surface area contributed by atoms with Crippen molar-refractivity contribution in [2.45, 2.75) is 30.8 Å². The van der Waals surface area contributed by atoms with Crippen molar-refractivity contribution in [1.29, 1.82) is 0 Å². The van der Waals surface area contributed by atoms with E-state index >= 15 is 0 Å². The molecule has 45 heavy (non-hydrogen) atoms. The molecule has 1 N–H and O–H groups in total. The molecule has 236 valence electrons. The number of para-hydroxylation sites is 1. The highest BCUT2D eigenvalue weighted by molar-refractivity contribution is 7.92. The predicted octanol–water partition coefficient (Wildman–Crippen LogP) is 5.33. The zero-order valence-corrected chi connectivity index (χ0v) is 26.9. The Balaban J connectivity index is 1.79. The molecule has 0 saturated carbocycles. The van der Waals surface area contributed by atoms with Crippen LogP contribution in [-0.2, 0) is 32.6 Å². The Morgan fingerprint density at radius 2 is 1.44 bits per heavy atom. The molecular weight excluding hydrogens is 614 g/mol. The molecule has 0 aliphatic heterocycles. The molecule has 0 aliphatic carbocycles. The molecule has 0 spiro atoms. The Bertz CT molecular complexity index is 1690. The molecule has 4 aromatic rings. The molecule has 0 saturated heterocycles. The van der Waals surface area contributed by atoms with Gasteiger partial charge in [0.25, 0.3) is 10.0 Å². The summed E-state index contributed by atoms with van der Waals surface area (Å²) in [7, 11) is -1.43. The van der Waals surface area contributed by atoms with Crippen LogP contribution in [0.5, 0.6) is 11.5 Å². The number of carbonyl (C=O) groups excluding carboxylic acids is 2. The van der Waals surface area contributed by atoms with Gasteiger partial charge in [0.05, 0.1) is 24.8 Å². The van der Waals surface area contributed by atoms with Gasteiger partial charge in [0, 0.05) is 30.6 Å². The Labute approximate surface area is 269 Å². The van der Waals surface area contributed by atoms with Gasteiger partial charge in [0.2, 0.25) is 11.8 Å². The van der Waals surface area contributed by atoms with Crippen LogP contribution in [0.2, 0.25) is 5.02 Å². The van der Waals surface area contributed by atoms with E-state index in [1.165, 1.54) is 37.3 Å². The standard InChI is InChI=1S/C34H36ClN3O6S/c1-4-36-34(40)30(21-25-11-7-5-8-12-25)37(23-26-15-17-27(35)18-16-26)33(39)24-38(28-13-9-6-10-14-28)45(41,42)29-19-20-31(43-2)32(22-29)44-3/h5-20,22,30H,4,21,23-24H2,1-3H3,(H,36,40). The van der Waals surface area contributed by atoms with E-state index in [4.69, 9.17) is 21.1 Å². The molecule has 9 nitrogen and oxygen atoms in total. The fourth-order valence-electron chi connectivity index (χ4n) is 4.86. The summed E-state index contributed by atoms with van der Waals surface area (Å²) in [5, 5.41) is 3.37. The van der Waals surface area contributed by atoms with Crippen LogP contribution in [0, 0.1) is 0 Å². The fraction of sp³-hybridized carbons (Fsp3) is 0.235. The molecule has 0 aliphatic rings. The second kappa shape index (κ2) is 15.5. The number of anilines is 1. The van der Waals surface area contributed by atoms with E-state index in [9.17, 15) is 18.0 Å². The largest absolute Gasteiger partial charge is 0.493 e. The van der Waals surface area contributed by atoms with Crippen molar-refractivity contribution in [3.63, 3.8) is 0 Å². The van der Waals surface area contributed by atoms with Crippen molar-refractivity contribution in [2.24, 2.45) is 0 Å². The van der Waals surface area contributed by atoms with Crippen LogP contribution in [0.15, 0.2) is 108 Å². The molecule has 1 atom stereocenters. The minimum absolute atomic E-state index is 0.0453. The zero-order chi connectivity index (χ0) is 32.4. The lowest BCUT2D eigenvalue weighted by molar-refractivity contribution is -0.140. The van der Waals surface area contributed by atoms with Gasteiger partial charge < -0.3 is 19.7 Å². The normalized spacial score (nSPS) is 11.7. The average Bonchev–Trinajstić information content (AvgIpc) is 3.06. The second-order valence-electron chi connectivity index (χ2n) is 10.1. The number of halogens is 1. The summed E-state index contributed by atoms with van der Waals surface area (Å²) in [6.07, 6.45) is 0.222. The van der Waals surface area contributed by atoms with Crippen LogP contribution in [0.25, 0.3) is 0 Å². The van der Waals surface area contributed by atoms with E-state index in [1.54, 1.807) is 61.5 Å². The maximum absolute atomic E-state index is 14.4. The van der Waals surface area contributed by atoms with Crippen molar-refractivity contribution in [2.75, 3.05) is 31.6 Å². The molecular formula is C34H36ClN3O6S. The third kappa shape index (κ3) is 8.34. The number of sulfonamides is 1. The lowest BCUT2D eigenvalue weighted by atomic mass is 10.0. The molecule has 0 bridgehead atoms. The van der Waals surface area contributed by atoms with E-state index in [-0.39, 0.29) is 35.2 Å². The quantitative estimate of drug-likeness (QED) is 0.198. The second-order valence-corrected chi connectivity index (χ2v) is 12.4. The van der Waals surface area contributed by atoms with Crippen molar-refractivity contribution < 1.29 is 27.5 Å². The number of hydrogen-bond donors (Lipinski definition) is 1. The van der Waals surface area contributed by atoms with Gasteiger partial charge in [0.1, 0.15) is 12.6 Å². The highest BCUT2D eigenvalue weighted by Crippen LogP contribution is 2.32. The number of rotatable bonds is 14. The number of hydrogen-bond acceptors (Lipinski definition) is 6. The van der Waals surface area contributed by atoms with Gasteiger partial charge in [-0.05, 0) is 54.4 Å². The van der Waals surface area contributed by atoms with Gasteiger partial charge in [-0.15, -0.1) is 0 Å². The number of ether oxygens (including phenoxy) is 2. The number of likely N-dealkylation sites (N-methyl/N-ethyl adjacent to an activating group) is 1. The van der Waals surface area contributed by atoms with E-state index in [0.717, 1.165) is 15.4 Å². The summed E-state index contributed by atoms with van der Waals surface area (Å²) < 4.78 is 40.1. The monoisotopic (exact) mass is 649 g/mol. The third-order valence-corrected chi connectivity index (χ3v) is 9.18. The van der Waals surface area contributed by atoms with Crippen LogP contribution < -0.4 is 19.1 Å². The number of nitrogens with zero attached hydrogens (tertiary/aromatic N) is 2. The molecule has 0 heterocycles. The predicted molar refractivity (Wildman–Crippen MR) is 175 cm³/mol.